The molecule has 0 radical (unpaired) electrons. The molecule has 0 atom stereocenters. The number of hydrogen-bond donors (Lipinski definition) is 2. The maximum absolute atomic E-state index is 12.8. The standard InChI is InChI=1S/C21H25N5O3S/c1-14-6-7-15(2)16(12-14)25-11-10-22-20(25)30-13-17(27)24-26-18(28)21(23-19(26)29)8-4-3-5-9-21/h6-7,10-12H,3-5,8-9,13H2,1-2H3,(H,23,29)(H,24,27). The highest BCUT2D eigenvalue weighted by Crippen LogP contribution is 2.33. The molecule has 2 N–H and O–H groups in total. The van der Waals surface area contributed by atoms with Gasteiger partial charge in [-0.1, -0.05) is 43.2 Å². The molecule has 1 aliphatic heterocycles. The Bertz CT molecular complexity index is 996. The number of nitrogens with one attached hydrogen (secondary N) is 2. The summed E-state index contributed by atoms with van der Waals surface area (Å²) in [5, 5.41) is 4.29. The van der Waals surface area contributed by atoms with Crippen molar-refractivity contribution in [2.75, 3.05) is 5.75 Å². The van der Waals surface area contributed by atoms with Gasteiger partial charge in [0.1, 0.15) is 5.54 Å². The molecule has 1 saturated carbocycles. The molecule has 30 heavy (non-hydrogen) atoms. The highest BCUT2D eigenvalue weighted by Gasteiger charge is 2.52. The summed E-state index contributed by atoms with van der Waals surface area (Å²) in [6.07, 6.45) is 7.62. The lowest BCUT2D eigenvalue weighted by Gasteiger charge is -2.30. The maximum atomic E-state index is 12.8. The molecule has 1 saturated heterocycles. The Morgan fingerprint density at radius 1 is 1.23 bits per heavy atom. The van der Waals surface area contributed by atoms with Crippen LogP contribution in [0, 0.1) is 13.8 Å². The molecule has 1 aromatic carbocycles. The third-order valence-electron chi connectivity index (χ3n) is 5.67. The molecule has 4 amide bonds. The van der Waals surface area contributed by atoms with E-state index in [0.717, 1.165) is 41.1 Å². The number of aromatic nitrogens is 2. The lowest BCUT2D eigenvalue weighted by atomic mass is 9.82. The Morgan fingerprint density at radius 2 is 2.00 bits per heavy atom. The molecule has 2 aromatic rings. The average molecular weight is 428 g/mol. The fraction of sp³-hybridized carbons (Fsp3) is 0.429. The van der Waals surface area contributed by atoms with E-state index in [1.54, 1.807) is 6.20 Å². The number of imidazole rings is 1. The van der Waals surface area contributed by atoms with Crippen molar-refractivity contribution in [2.45, 2.75) is 56.6 Å². The first-order chi connectivity index (χ1) is 14.4. The minimum absolute atomic E-state index is 0.0337. The van der Waals surface area contributed by atoms with Crippen LogP contribution in [-0.4, -0.2) is 43.7 Å². The van der Waals surface area contributed by atoms with Gasteiger partial charge >= 0.3 is 6.03 Å². The first-order valence-corrected chi connectivity index (χ1v) is 11.1. The fourth-order valence-electron chi connectivity index (χ4n) is 4.06. The molecule has 2 heterocycles. The van der Waals surface area contributed by atoms with Crippen molar-refractivity contribution < 1.29 is 14.4 Å². The molecular formula is C21H25N5O3S. The van der Waals surface area contributed by atoms with E-state index in [2.05, 4.69) is 21.8 Å². The number of thioether (sulfide) groups is 1. The van der Waals surface area contributed by atoms with E-state index in [1.165, 1.54) is 11.8 Å². The zero-order valence-corrected chi connectivity index (χ0v) is 17.9. The zero-order chi connectivity index (χ0) is 21.3. The van der Waals surface area contributed by atoms with Gasteiger partial charge in [-0.05, 0) is 43.9 Å². The van der Waals surface area contributed by atoms with Gasteiger partial charge in [0, 0.05) is 12.4 Å². The van der Waals surface area contributed by atoms with E-state index in [1.807, 2.05) is 36.7 Å². The molecule has 4 rings (SSSR count). The fourth-order valence-corrected chi connectivity index (χ4v) is 4.82. The van der Waals surface area contributed by atoms with E-state index in [9.17, 15) is 14.4 Å². The third-order valence-corrected chi connectivity index (χ3v) is 6.64. The predicted octanol–water partition coefficient (Wildman–Crippen LogP) is 2.87. The Morgan fingerprint density at radius 3 is 2.77 bits per heavy atom. The minimum atomic E-state index is -0.852. The van der Waals surface area contributed by atoms with Crippen LogP contribution in [0.4, 0.5) is 4.79 Å². The van der Waals surface area contributed by atoms with Crippen LogP contribution in [0.2, 0.25) is 0 Å². The van der Waals surface area contributed by atoms with Gasteiger partial charge in [0.2, 0.25) is 5.91 Å². The van der Waals surface area contributed by atoms with Gasteiger partial charge in [-0.25, -0.2) is 9.78 Å². The van der Waals surface area contributed by atoms with Crippen LogP contribution in [0.3, 0.4) is 0 Å². The van der Waals surface area contributed by atoms with E-state index < -0.39 is 17.5 Å². The van der Waals surface area contributed by atoms with E-state index >= 15 is 0 Å². The number of imide groups is 1. The summed E-state index contributed by atoms with van der Waals surface area (Å²) in [6, 6.07) is 5.60. The van der Waals surface area contributed by atoms with Gasteiger partial charge in [-0.3, -0.25) is 19.6 Å². The van der Waals surface area contributed by atoms with Crippen molar-refractivity contribution >= 4 is 29.6 Å². The molecule has 0 bridgehead atoms. The molecular weight excluding hydrogens is 402 g/mol. The van der Waals surface area contributed by atoms with Crippen molar-refractivity contribution in [1.82, 2.24) is 25.3 Å². The molecule has 0 unspecified atom stereocenters. The molecule has 2 aliphatic rings. The topological polar surface area (TPSA) is 96.3 Å². The number of rotatable bonds is 5. The Labute approximate surface area is 179 Å². The molecule has 8 nitrogen and oxygen atoms in total. The van der Waals surface area contributed by atoms with Crippen molar-refractivity contribution in [2.24, 2.45) is 0 Å². The number of hydrogen-bond acceptors (Lipinski definition) is 5. The lowest BCUT2D eigenvalue weighted by Crippen LogP contribution is -2.51. The van der Waals surface area contributed by atoms with E-state index in [-0.39, 0.29) is 11.7 Å². The molecule has 9 heteroatoms. The SMILES string of the molecule is Cc1ccc(C)c(-n2ccnc2SCC(=O)NN2C(=O)NC3(CCCCC3)C2=O)c1. The van der Waals surface area contributed by atoms with Gasteiger partial charge in [0.25, 0.3) is 5.91 Å². The van der Waals surface area contributed by atoms with Gasteiger partial charge in [-0.15, -0.1) is 0 Å². The summed E-state index contributed by atoms with van der Waals surface area (Å²) >= 11 is 1.25. The molecule has 1 aromatic heterocycles. The summed E-state index contributed by atoms with van der Waals surface area (Å²) < 4.78 is 1.94. The summed E-state index contributed by atoms with van der Waals surface area (Å²) in [6.45, 7) is 4.05. The van der Waals surface area contributed by atoms with Gasteiger partial charge in [-0.2, -0.15) is 5.01 Å². The van der Waals surface area contributed by atoms with Crippen molar-refractivity contribution in [3.8, 4) is 5.69 Å². The highest BCUT2D eigenvalue weighted by molar-refractivity contribution is 7.99. The normalized spacial score (nSPS) is 18.0. The van der Waals surface area contributed by atoms with Crippen molar-refractivity contribution in [3.63, 3.8) is 0 Å². The van der Waals surface area contributed by atoms with Crippen LogP contribution < -0.4 is 10.7 Å². The quantitative estimate of drug-likeness (QED) is 0.565. The van der Waals surface area contributed by atoms with Crippen LogP contribution in [0.1, 0.15) is 43.2 Å². The monoisotopic (exact) mass is 427 g/mol. The number of benzene rings is 1. The summed E-state index contributed by atoms with van der Waals surface area (Å²) in [7, 11) is 0. The second-order valence-corrected chi connectivity index (χ2v) is 8.85. The van der Waals surface area contributed by atoms with Crippen LogP contribution >= 0.6 is 11.8 Å². The second kappa shape index (κ2) is 8.14. The summed E-state index contributed by atoms with van der Waals surface area (Å²) in [5.41, 5.74) is 4.85. The van der Waals surface area contributed by atoms with Gasteiger partial charge < -0.3 is 5.32 Å². The minimum Gasteiger partial charge on any atom is -0.322 e. The van der Waals surface area contributed by atoms with Crippen LogP contribution in [0.15, 0.2) is 35.7 Å². The number of hydrazine groups is 1. The largest absolute Gasteiger partial charge is 0.344 e. The first kappa shape index (κ1) is 20.5. The number of carbonyl (C=O) groups excluding carboxylic acids is 3. The van der Waals surface area contributed by atoms with Gasteiger partial charge in [0.15, 0.2) is 5.16 Å². The highest BCUT2D eigenvalue weighted by atomic mass is 32.2. The zero-order valence-electron chi connectivity index (χ0n) is 17.1. The molecule has 158 valence electrons. The van der Waals surface area contributed by atoms with Crippen LogP contribution in [0.25, 0.3) is 5.69 Å². The molecule has 1 aliphatic carbocycles. The lowest BCUT2D eigenvalue weighted by molar-refractivity contribution is -0.139. The first-order valence-electron chi connectivity index (χ1n) is 10.1. The maximum Gasteiger partial charge on any atom is 0.344 e. The average Bonchev–Trinajstić information content (AvgIpc) is 3.28. The van der Waals surface area contributed by atoms with Gasteiger partial charge in [0.05, 0.1) is 11.4 Å². The van der Waals surface area contributed by atoms with Crippen LogP contribution in [0.5, 0.6) is 0 Å². The Balaban J connectivity index is 1.41. The van der Waals surface area contributed by atoms with E-state index in [4.69, 9.17) is 0 Å². The second-order valence-electron chi connectivity index (χ2n) is 7.91. The van der Waals surface area contributed by atoms with Crippen molar-refractivity contribution in [1.29, 1.82) is 0 Å². The number of nitrogens with zero attached hydrogens (tertiary/aromatic N) is 3. The Kier molecular flexibility index (Phi) is 5.55. The number of aryl methyl sites for hydroxylation is 2. The summed E-state index contributed by atoms with van der Waals surface area (Å²) in [5.74, 6) is -0.749. The Hall–Kier alpha value is -2.81. The summed E-state index contributed by atoms with van der Waals surface area (Å²) in [4.78, 5) is 41.9. The number of carbonyl (C=O) groups is 3. The van der Waals surface area contributed by atoms with Crippen molar-refractivity contribution in [3.05, 3.63) is 41.7 Å². The predicted molar refractivity (Wildman–Crippen MR) is 113 cm³/mol. The third kappa shape index (κ3) is 3.81. The molecule has 1 spiro atoms. The molecule has 2 fully saturated rings. The smallest absolute Gasteiger partial charge is 0.322 e. The van der Waals surface area contributed by atoms with E-state index in [0.29, 0.717) is 18.0 Å². The van der Waals surface area contributed by atoms with Crippen LogP contribution in [-0.2, 0) is 9.59 Å². The number of urea groups is 1. The number of amides is 4.